The summed E-state index contributed by atoms with van der Waals surface area (Å²) in [7, 11) is 0. The topological polar surface area (TPSA) is 80.0 Å². The predicted octanol–water partition coefficient (Wildman–Crippen LogP) is -0.347. The number of fused-ring (bicyclic) bond motifs is 1. The first-order valence-corrected chi connectivity index (χ1v) is 7.28. The Hall–Kier alpha value is -1.35. The van der Waals surface area contributed by atoms with E-state index in [-0.39, 0.29) is 18.3 Å². The van der Waals surface area contributed by atoms with Gasteiger partial charge in [0.15, 0.2) is 0 Å². The number of rotatable bonds is 3. The fourth-order valence-electron chi connectivity index (χ4n) is 2.25. The summed E-state index contributed by atoms with van der Waals surface area (Å²) in [4.78, 5) is 18.9. The summed E-state index contributed by atoms with van der Waals surface area (Å²) in [5.41, 5.74) is 0.558. The van der Waals surface area contributed by atoms with E-state index in [4.69, 9.17) is 9.84 Å². The predicted molar refractivity (Wildman–Crippen MR) is 74.0 cm³/mol. The van der Waals surface area contributed by atoms with E-state index in [1.165, 1.54) is 21.9 Å². The first-order valence-electron chi connectivity index (χ1n) is 6.47. The second kappa shape index (κ2) is 5.57. The van der Waals surface area contributed by atoms with E-state index >= 15 is 0 Å². The molecular weight excluding hydrogens is 280 g/mol. The van der Waals surface area contributed by atoms with E-state index in [1.807, 2.05) is 0 Å². The molecule has 3 heterocycles. The van der Waals surface area contributed by atoms with Crippen LogP contribution >= 0.6 is 11.3 Å². The van der Waals surface area contributed by atoms with Gasteiger partial charge in [0.2, 0.25) is 4.96 Å². The molecule has 1 unspecified atom stereocenters. The van der Waals surface area contributed by atoms with Crippen molar-refractivity contribution in [3.8, 4) is 0 Å². The molecule has 2 aromatic rings. The maximum atomic E-state index is 11.8. The Balaban J connectivity index is 1.81. The first kappa shape index (κ1) is 13.6. The Morgan fingerprint density at radius 1 is 1.60 bits per heavy atom. The minimum absolute atomic E-state index is 0.0244. The Labute approximate surface area is 119 Å². The second-order valence-corrected chi connectivity index (χ2v) is 5.88. The molecule has 0 aliphatic carbocycles. The quantitative estimate of drug-likeness (QED) is 0.834. The van der Waals surface area contributed by atoms with E-state index < -0.39 is 0 Å². The van der Waals surface area contributed by atoms with Crippen LogP contribution in [-0.2, 0) is 11.3 Å². The Bertz CT molecular complexity index is 668. The first-order chi connectivity index (χ1) is 9.65. The van der Waals surface area contributed by atoms with E-state index in [2.05, 4.69) is 15.0 Å². The van der Waals surface area contributed by atoms with Crippen LogP contribution in [0.1, 0.15) is 10.7 Å². The zero-order valence-corrected chi connectivity index (χ0v) is 12.0. The molecule has 3 rings (SSSR count). The lowest BCUT2D eigenvalue weighted by molar-refractivity contribution is -0.0551. The number of morpholine rings is 1. The molecule has 0 bridgehead atoms. The number of aromatic nitrogens is 3. The maximum Gasteiger partial charge on any atom is 0.275 e. The third-order valence-corrected chi connectivity index (χ3v) is 4.09. The highest BCUT2D eigenvalue weighted by atomic mass is 32.1. The number of aliphatic hydroxyl groups is 1. The number of nitrogens with zero attached hydrogens (tertiary/aromatic N) is 4. The van der Waals surface area contributed by atoms with Gasteiger partial charge in [0.25, 0.3) is 5.56 Å². The zero-order valence-electron chi connectivity index (χ0n) is 11.2. The van der Waals surface area contributed by atoms with Gasteiger partial charge in [-0.25, -0.2) is 4.98 Å². The molecule has 0 radical (unpaired) electrons. The standard InChI is InChI=1S/C12H16N4O3S/c1-8-4-11(18)16-12(13-8)20-10(14-16)6-15-2-3-19-9(5-15)7-17/h4,9,17H,2-3,5-7H2,1H3. The molecule has 7 nitrogen and oxygen atoms in total. The summed E-state index contributed by atoms with van der Waals surface area (Å²) >= 11 is 1.42. The van der Waals surface area contributed by atoms with Gasteiger partial charge in [-0.15, -0.1) is 0 Å². The Morgan fingerprint density at radius 3 is 3.25 bits per heavy atom. The summed E-state index contributed by atoms with van der Waals surface area (Å²) in [5, 5.41) is 14.3. The van der Waals surface area contributed by atoms with Crippen LogP contribution < -0.4 is 5.56 Å². The van der Waals surface area contributed by atoms with Gasteiger partial charge in [-0.1, -0.05) is 11.3 Å². The van der Waals surface area contributed by atoms with Gasteiger partial charge in [-0.2, -0.15) is 9.61 Å². The molecule has 1 fully saturated rings. The van der Waals surface area contributed by atoms with Crippen LogP contribution in [0.25, 0.3) is 4.96 Å². The molecule has 0 amide bonds. The van der Waals surface area contributed by atoms with Crippen LogP contribution in [-0.4, -0.2) is 57.0 Å². The average molecular weight is 296 g/mol. The molecular formula is C12H16N4O3S. The van der Waals surface area contributed by atoms with Crippen molar-refractivity contribution < 1.29 is 9.84 Å². The van der Waals surface area contributed by atoms with Crippen molar-refractivity contribution >= 4 is 16.3 Å². The van der Waals surface area contributed by atoms with Crippen LogP contribution in [0.4, 0.5) is 0 Å². The highest BCUT2D eigenvalue weighted by Gasteiger charge is 2.21. The van der Waals surface area contributed by atoms with Crippen molar-refractivity contribution in [2.75, 3.05) is 26.3 Å². The zero-order chi connectivity index (χ0) is 14.1. The summed E-state index contributed by atoms with van der Waals surface area (Å²) in [6, 6.07) is 1.48. The lowest BCUT2D eigenvalue weighted by Gasteiger charge is -2.31. The molecule has 1 aliphatic rings. The fraction of sp³-hybridized carbons (Fsp3) is 0.583. The lowest BCUT2D eigenvalue weighted by Crippen LogP contribution is -2.43. The van der Waals surface area contributed by atoms with E-state index in [9.17, 15) is 4.79 Å². The van der Waals surface area contributed by atoms with Crippen LogP contribution in [0.5, 0.6) is 0 Å². The lowest BCUT2D eigenvalue weighted by atomic mass is 10.3. The van der Waals surface area contributed by atoms with Gasteiger partial charge < -0.3 is 9.84 Å². The minimum Gasteiger partial charge on any atom is -0.394 e. The molecule has 0 saturated carbocycles. The number of aryl methyl sites for hydroxylation is 1. The smallest absolute Gasteiger partial charge is 0.275 e. The maximum absolute atomic E-state index is 11.8. The van der Waals surface area contributed by atoms with Crippen LogP contribution in [0.3, 0.4) is 0 Å². The molecule has 1 N–H and O–H groups in total. The van der Waals surface area contributed by atoms with Gasteiger partial charge >= 0.3 is 0 Å². The van der Waals surface area contributed by atoms with Crippen molar-refractivity contribution in [1.82, 2.24) is 19.5 Å². The van der Waals surface area contributed by atoms with E-state index in [1.54, 1.807) is 6.92 Å². The molecule has 0 aromatic carbocycles. The molecule has 20 heavy (non-hydrogen) atoms. The van der Waals surface area contributed by atoms with Crippen LogP contribution in [0.2, 0.25) is 0 Å². The van der Waals surface area contributed by atoms with Gasteiger partial charge in [0, 0.05) is 24.8 Å². The molecule has 108 valence electrons. The van der Waals surface area contributed by atoms with Gasteiger partial charge in [-0.05, 0) is 6.92 Å². The van der Waals surface area contributed by atoms with Crippen molar-refractivity contribution in [2.45, 2.75) is 19.6 Å². The summed E-state index contributed by atoms with van der Waals surface area (Å²) in [5.74, 6) is 0. The van der Waals surface area contributed by atoms with Crippen molar-refractivity contribution in [2.24, 2.45) is 0 Å². The molecule has 2 aromatic heterocycles. The third kappa shape index (κ3) is 2.73. The summed E-state index contributed by atoms with van der Waals surface area (Å²) < 4.78 is 6.76. The van der Waals surface area contributed by atoms with Crippen LogP contribution in [0.15, 0.2) is 10.9 Å². The molecule has 1 aliphatic heterocycles. The van der Waals surface area contributed by atoms with E-state index in [0.29, 0.717) is 30.4 Å². The van der Waals surface area contributed by atoms with Crippen LogP contribution in [0, 0.1) is 6.92 Å². The molecule has 1 saturated heterocycles. The molecule has 8 heteroatoms. The highest BCUT2D eigenvalue weighted by Crippen LogP contribution is 2.15. The van der Waals surface area contributed by atoms with Crippen molar-refractivity contribution in [1.29, 1.82) is 0 Å². The third-order valence-electron chi connectivity index (χ3n) is 3.20. The Morgan fingerprint density at radius 2 is 2.45 bits per heavy atom. The van der Waals surface area contributed by atoms with Gasteiger partial charge in [0.1, 0.15) is 5.01 Å². The van der Waals surface area contributed by atoms with Crippen molar-refractivity contribution in [3.63, 3.8) is 0 Å². The second-order valence-electron chi connectivity index (χ2n) is 4.84. The fourth-order valence-corrected chi connectivity index (χ4v) is 3.24. The monoisotopic (exact) mass is 296 g/mol. The summed E-state index contributed by atoms with van der Waals surface area (Å²) in [6.45, 7) is 4.55. The molecule has 0 spiro atoms. The average Bonchev–Trinajstić information content (AvgIpc) is 2.81. The largest absolute Gasteiger partial charge is 0.394 e. The van der Waals surface area contributed by atoms with E-state index in [0.717, 1.165) is 11.6 Å². The van der Waals surface area contributed by atoms with Crippen molar-refractivity contribution in [3.05, 3.63) is 27.1 Å². The summed E-state index contributed by atoms with van der Waals surface area (Å²) in [6.07, 6.45) is -0.138. The molecule has 1 atom stereocenters. The number of ether oxygens (including phenoxy) is 1. The minimum atomic E-state index is -0.148. The number of hydrogen-bond acceptors (Lipinski definition) is 7. The SMILES string of the molecule is Cc1cc(=O)n2nc(CN3CCOC(CO)C3)sc2n1. The highest BCUT2D eigenvalue weighted by molar-refractivity contribution is 7.16. The number of hydrogen-bond donors (Lipinski definition) is 1. The van der Waals surface area contributed by atoms with Gasteiger partial charge in [-0.3, -0.25) is 9.69 Å². The Kier molecular flexibility index (Phi) is 3.79. The van der Waals surface area contributed by atoms with Gasteiger partial charge in [0.05, 0.1) is 25.9 Å². The number of aliphatic hydroxyl groups excluding tert-OH is 1. The normalized spacial score (nSPS) is 20.6.